The molecule has 9 nitrogen and oxygen atoms in total. The fourth-order valence-electron chi connectivity index (χ4n) is 5.47. The summed E-state index contributed by atoms with van der Waals surface area (Å²) in [4.78, 5) is 26.0. The lowest BCUT2D eigenvalue weighted by atomic mass is 10.1. The Balaban J connectivity index is 1.34. The Labute approximate surface area is 218 Å². The number of ether oxygens (including phenoxy) is 2. The van der Waals surface area contributed by atoms with E-state index in [9.17, 15) is 9.18 Å². The smallest absolute Gasteiger partial charge is 0.274 e. The van der Waals surface area contributed by atoms with Crippen LogP contribution in [0.5, 0.6) is 5.75 Å². The standard InChI is InChI=1S/C27H28F2N6O3/c1-37-24-4-2-3-18(28)25(24)26-30-6-5-20(32-26)27(36)33-21-12-19(29)22(34-7-9-38-10-8-34)13-23(21)35-15-16-11-17(35)14-31-16/h2-6,12-13,16-17,31H,7-11,14-15H2,1H3,(H,33,36)/t16-,17-/m0/s1. The van der Waals surface area contributed by atoms with Gasteiger partial charge in [0.05, 0.1) is 42.9 Å². The van der Waals surface area contributed by atoms with Crippen LogP contribution in [0.25, 0.3) is 11.4 Å². The number of nitrogens with zero attached hydrogens (tertiary/aromatic N) is 4. The molecule has 2 bridgehead atoms. The molecule has 11 heteroatoms. The first-order valence-corrected chi connectivity index (χ1v) is 12.7. The average molecular weight is 523 g/mol. The molecule has 38 heavy (non-hydrogen) atoms. The van der Waals surface area contributed by atoms with E-state index in [1.165, 1.54) is 37.6 Å². The molecule has 2 N–H and O–H groups in total. The van der Waals surface area contributed by atoms with Gasteiger partial charge in [-0.15, -0.1) is 0 Å². The van der Waals surface area contributed by atoms with Gasteiger partial charge < -0.3 is 29.9 Å². The van der Waals surface area contributed by atoms with Crippen LogP contribution in [0.3, 0.4) is 0 Å². The SMILES string of the molecule is COc1cccc(F)c1-c1nccc(C(=O)Nc2cc(F)c(N3CCOCC3)cc2N2C[C@@H]3C[C@H]2CN3)n1. The molecule has 0 radical (unpaired) electrons. The second-order valence-corrected chi connectivity index (χ2v) is 9.60. The Morgan fingerprint density at radius 1 is 1.16 bits per heavy atom. The van der Waals surface area contributed by atoms with E-state index in [0.717, 1.165) is 25.2 Å². The van der Waals surface area contributed by atoms with Crippen LogP contribution in [-0.2, 0) is 4.74 Å². The van der Waals surface area contributed by atoms with Crippen molar-refractivity contribution in [1.82, 2.24) is 15.3 Å². The zero-order valence-corrected chi connectivity index (χ0v) is 20.9. The first-order chi connectivity index (χ1) is 18.5. The third kappa shape index (κ3) is 4.52. The third-order valence-corrected chi connectivity index (χ3v) is 7.34. The summed E-state index contributed by atoms with van der Waals surface area (Å²) in [5.41, 5.74) is 1.70. The van der Waals surface area contributed by atoms with Crippen molar-refractivity contribution >= 4 is 23.0 Å². The maximum absolute atomic E-state index is 15.4. The van der Waals surface area contributed by atoms with E-state index in [2.05, 4.69) is 25.5 Å². The number of morpholine rings is 1. The van der Waals surface area contributed by atoms with Gasteiger partial charge in [0, 0.05) is 50.5 Å². The highest BCUT2D eigenvalue weighted by Gasteiger charge is 2.39. The number of nitrogens with one attached hydrogen (secondary N) is 2. The van der Waals surface area contributed by atoms with Gasteiger partial charge >= 0.3 is 0 Å². The summed E-state index contributed by atoms with van der Waals surface area (Å²) in [6, 6.07) is 9.65. The number of fused-ring (bicyclic) bond motifs is 2. The number of carbonyl (C=O) groups excluding carboxylic acids is 1. The van der Waals surface area contributed by atoms with E-state index in [4.69, 9.17) is 9.47 Å². The molecule has 198 valence electrons. The number of methoxy groups -OCH3 is 1. The van der Waals surface area contributed by atoms with Crippen LogP contribution in [0.1, 0.15) is 16.9 Å². The van der Waals surface area contributed by atoms with Crippen LogP contribution in [-0.4, -0.2) is 74.5 Å². The van der Waals surface area contributed by atoms with Gasteiger partial charge in [-0.1, -0.05) is 6.07 Å². The number of rotatable bonds is 6. The first-order valence-electron chi connectivity index (χ1n) is 12.7. The van der Waals surface area contributed by atoms with Crippen LogP contribution < -0.4 is 25.2 Å². The number of hydrogen-bond acceptors (Lipinski definition) is 8. The van der Waals surface area contributed by atoms with Crippen molar-refractivity contribution in [1.29, 1.82) is 0 Å². The number of hydrogen-bond donors (Lipinski definition) is 2. The molecule has 4 heterocycles. The second-order valence-electron chi connectivity index (χ2n) is 9.60. The molecular formula is C27H28F2N6O3. The van der Waals surface area contributed by atoms with Crippen LogP contribution >= 0.6 is 0 Å². The molecule has 2 atom stereocenters. The first kappa shape index (κ1) is 24.5. The lowest BCUT2D eigenvalue weighted by Gasteiger charge is -2.34. The number of anilines is 3. The Morgan fingerprint density at radius 2 is 2.00 bits per heavy atom. The van der Waals surface area contributed by atoms with Crippen LogP contribution in [0.15, 0.2) is 42.6 Å². The molecular weight excluding hydrogens is 494 g/mol. The van der Waals surface area contributed by atoms with Gasteiger partial charge in [-0.3, -0.25) is 4.79 Å². The molecule has 6 rings (SSSR count). The maximum Gasteiger partial charge on any atom is 0.274 e. The minimum Gasteiger partial charge on any atom is -0.496 e. The average Bonchev–Trinajstić information content (AvgIpc) is 3.58. The zero-order chi connectivity index (χ0) is 26.2. The van der Waals surface area contributed by atoms with Crippen molar-refractivity contribution in [3.05, 3.63) is 59.9 Å². The van der Waals surface area contributed by atoms with Gasteiger partial charge in [0.2, 0.25) is 0 Å². The predicted octanol–water partition coefficient (Wildman–Crippen LogP) is 3.07. The normalized spacial score (nSPS) is 20.6. The summed E-state index contributed by atoms with van der Waals surface area (Å²) in [7, 11) is 1.42. The van der Waals surface area contributed by atoms with Crippen molar-refractivity contribution in [2.45, 2.75) is 18.5 Å². The van der Waals surface area contributed by atoms with Crippen molar-refractivity contribution in [2.75, 3.05) is 61.6 Å². The van der Waals surface area contributed by atoms with Crippen LogP contribution in [0.2, 0.25) is 0 Å². The molecule has 3 saturated heterocycles. The van der Waals surface area contributed by atoms with Gasteiger partial charge in [-0.05, 0) is 30.7 Å². The van der Waals surface area contributed by atoms with Crippen molar-refractivity contribution in [2.24, 2.45) is 0 Å². The van der Waals surface area contributed by atoms with Gasteiger partial charge in [-0.2, -0.15) is 0 Å². The minimum atomic E-state index is -0.567. The highest BCUT2D eigenvalue weighted by molar-refractivity contribution is 6.05. The van der Waals surface area contributed by atoms with E-state index in [1.807, 2.05) is 11.0 Å². The Bertz CT molecular complexity index is 1370. The van der Waals surface area contributed by atoms with Crippen LogP contribution in [0.4, 0.5) is 25.8 Å². The van der Waals surface area contributed by atoms with Gasteiger partial charge in [0.15, 0.2) is 5.82 Å². The number of piperazine rings is 1. The van der Waals surface area contributed by atoms with Crippen molar-refractivity contribution < 1.29 is 23.0 Å². The summed E-state index contributed by atoms with van der Waals surface area (Å²) in [6.45, 7) is 3.87. The molecule has 0 spiro atoms. The molecule has 3 fully saturated rings. The predicted molar refractivity (Wildman–Crippen MR) is 139 cm³/mol. The Kier molecular flexibility index (Phi) is 6.54. The molecule has 2 aromatic carbocycles. The highest BCUT2D eigenvalue weighted by Crippen LogP contribution is 2.39. The lowest BCUT2D eigenvalue weighted by molar-refractivity contribution is 0.102. The van der Waals surface area contributed by atoms with E-state index in [1.54, 1.807) is 6.07 Å². The lowest BCUT2D eigenvalue weighted by Crippen LogP contribution is -2.44. The number of halogens is 2. The molecule has 0 saturated carbocycles. The van der Waals surface area contributed by atoms with Gasteiger partial charge in [0.25, 0.3) is 5.91 Å². The van der Waals surface area contributed by atoms with E-state index in [-0.39, 0.29) is 28.9 Å². The molecule has 0 aliphatic carbocycles. The summed E-state index contributed by atoms with van der Waals surface area (Å²) < 4.78 is 40.7. The molecule has 3 aliphatic rings. The summed E-state index contributed by atoms with van der Waals surface area (Å²) in [6.07, 6.45) is 2.38. The molecule has 0 unspecified atom stereocenters. The number of aromatic nitrogens is 2. The van der Waals surface area contributed by atoms with Gasteiger partial charge in [-0.25, -0.2) is 18.7 Å². The number of carbonyl (C=O) groups is 1. The van der Waals surface area contributed by atoms with E-state index < -0.39 is 17.5 Å². The highest BCUT2D eigenvalue weighted by atomic mass is 19.1. The number of benzene rings is 2. The summed E-state index contributed by atoms with van der Waals surface area (Å²) in [5, 5.41) is 6.34. The molecule has 1 aromatic heterocycles. The number of amides is 1. The topological polar surface area (TPSA) is 91.8 Å². The fraction of sp³-hybridized carbons (Fsp3) is 0.370. The molecule has 3 aliphatic heterocycles. The molecule has 3 aromatic rings. The van der Waals surface area contributed by atoms with E-state index in [0.29, 0.717) is 43.7 Å². The summed E-state index contributed by atoms with van der Waals surface area (Å²) >= 11 is 0. The maximum atomic E-state index is 15.4. The Morgan fingerprint density at radius 3 is 2.74 bits per heavy atom. The largest absolute Gasteiger partial charge is 0.496 e. The minimum absolute atomic E-state index is 0.0181. The van der Waals surface area contributed by atoms with Gasteiger partial charge in [0.1, 0.15) is 23.1 Å². The quantitative estimate of drug-likeness (QED) is 0.511. The van der Waals surface area contributed by atoms with E-state index >= 15 is 4.39 Å². The third-order valence-electron chi connectivity index (χ3n) is 7.34. The van der Waals surface area contributed by atoms with Crippen molar-refractivity contribution in [3.8, 4) is 17.1 Å². The Hall–Kier alpha value is -3.83. The summed E-state index contributed by atoms with van der Waals surface area (Å²) in [5.74, 6) is -1.27. The molecule has 1 amide bonds. The zero-order valence-electron chi connectivity index (χ0n) is 20.9. The monoisotopic (exact) mass is 522 g/mol. The second kappa shape index (κ2) is 10.1. The van der Waals surface area contributed by atoms with Crippen LogP contribution in [0, 0.1) is 11.6 Å². The fourth-order valence-corrected chi connectivity index (χ4v) is 5.47. The van der Waals surface area contributed by atoms with Crippen molar-refractivity contribution in [3.63, 3.8) is 0 Å².